The van der Waals surface area contributed by atoms with E-state index in [-0.39, 0.29) is 30.2 Å². The van der Waals surface area contributed by atoms with E-state index in [0.717, 1.165) is 30.0 Å². The van der Waals surface area contributed by atoms with Gasteiger partial charge in [0, 0.05) is 31.0 Å². The molecule has 0 radical (unpaired) electrons. The first-order chi connectivity index (χ1) is 15.1. The lowest BCUT2D eigenvalue weighted by molar-refractivity contribution is -0.00521. The molecule has 0 unspecified atom stereocenters. The van der Waals surface area contributed by atoms with Crippen molar-refractivity contribution in [1.82, 2.24) is 4.90 Å². The van der Waals surface area contributed by atoms with E-state index in [0.29, 0.717) is 6.54 Å². The summed E-state index contributed by atoms with van der Waals surface area (Å²) >= 11 is 0. The SMILES string of the molecule is C[C@@H]1CN(c2ccc(NC(=O)N(C[C@H](O)c3ccccc3)CC(C)(C)C)cc2)C[C@@H](C)O1. The molecule has 0 bridgehead atoms. The Bertz CT molecular complexity index is 854. The highest BCUT2D eigenvalue weighted by molar-refractivity contribution is 5.89. The number of nitrogens with zero attached hydrogens (tertiary/aromatic N) is 2. The van der Waals surface area contributed by atoms with Crippen molar-refractivity contribution < 1.29 is 14.6 Å². The summed E-state index contributed by atoms with van der Waals surface area (Å²) in [5, 5.41) is 13.7. The summed E-state index contributed by atoms with van der Waals surface area (Å²) in [5.74, 6) is 0. The Morgan fingerprint density at radius 1 is 1.09 bits per heavy atom. The van der Waals surface area contributed by atoms with Crippen LogP contribution in [0.1, 0.15) is 46.3 Å². The Morgan fingerprint density at radius 2 is 1.69 bits per heavy atom. The van der Waals surface area contributed by atoms with Crippen molar-refractivity contribution >= 4 is 17.4 Å². The van der Waals surface area contributed by atoms with Crippen molar-refractivity contribution in [2.24, 2.45) is 5.41 Å². The smallest absolute Gasteiger partial charge is 0.321 e. The third-order valence-electron chi connectivity index (χ3n) is 5.43. The molecule has 0 aliphatic carbocycles. The average molecular weight is 440 g/mol. The van der Waals surface area contributed by atoms with Crippen LogP contribution >= 0.6 is 0 Å². The van der Waals surface area contributed by atoms with E-state index in [2.05, 4.69) is 44.8 Å². The summed E-state index contributed by atoms with van der Waals surface area (Å²) in [5.41, 5.74) is 2.57. The number of anilines is 2. The van der Waals surface area contributed by atoms with Crippen LogP contribution in [-0.4, -0.2) is 54.4 Å². The van der Waals surface area contributed by atoms with Gasteiger partial charge in [-0.05, 0) is 49.1 Å². The maximum Gasteiger partial charge on any atom is 0.321 e. The number of nitrogens with one attached hydrogen (secondary N) is 1. The molecule has 0 aromatic heterocycles. The standard InChI is InChI=1S/C26H37N3O3/c1-19-15-28(16-20(2)32-19)23-13-11-22(12-14-23)27-25(31)29(18-26(3,4)5)17-24(30)21-9-7-6-8-10-21/h6-14,19-20,24,30H,15-18H2,1-5H3,(H,27,31)/t19-,20-,24+/m1/s1. The lowest BCUT2D eigenvalue weighted by Crippen LogP contribution is -2.45. The molecule has 2 N–H and O–H groups in total. The zero-order valence-corrected chi connectivity index (χ0v) is 19.9. The zero-order valence-electron chi connectivity index (χ0n) is 19.9. The van der Waals surface area contributed by atoms with Gasteiger partial charge >= 0.3 is 6.03 Å². The number of amides is 2. The van der Waals surface area contributed by atoms with Crippen LogP contribution in [0, 0.1) is 5.41 Å². The number of carbonyl (C=O) groups excluding carboxylic acids is 1. The van der Waals surface area contributed by atoms with Crippen LogP contribution in [0.5, 0.6) is 0 Å². The molecule has 6 heteroatoms. The number of benzene rings is 2. The normalized spacial score (nSPS) is 20.0. The minimum absolute atomic E-state index is 0.0959. The van der Waals surface area contributed by atoms with Gasteiger partial charge in [-0.3, -0.25) is 0 Å². The van der Waals surface area contributed by atoms with E-state index in [1.54, 1.807) is 4.90 Å². The van der Waals surface area contributed by atoms with E-state index >= 15 is 0 Å². The largest absolute Gasteiger partial charge is 0.387 e. The molecule has 1 aliphatic rings. The number of rotatable bonds is 6. The van der Waals surface area contributed by atoms with Crippen LogP contribution < -0.4 is 10.2 Å². The van der Waals surface area contributed by atoms with Crippen molar-refractivity contribution in [2.45, 2.75) is 52.9 Å². The van der Waals surface area contributed by atoms with Crippen molar-refractivity contribution in [3.05, 3.63) is 60.2 Å². The summed E-state index contributed by atoms with van der Waals surface area (Å²) in [6, 6.07) is 17.2. The fourth-order valence-electron chi connectivity index (χ4n) is 4.13. The summed E-state index contributed by atoms with van der Waals surface area (Å²) < 4.78 is 5.82. The van der Waals surface area contributed by atoms with Crippen LogP contribution in [0.4, 0.5) is 16.2 Å². The number of aliphatic hydroxyl groups is 1. The lowest BCUT2D eigenvalue weighted by Gasteiger charge is -2.37. The second-order valence-electron chi connectivity index (χ2n) is 10.0. The van der Waals surface area contributed by atoms with E-state index in [9.17, 15) is 9.90 Å². The Hall–Kier alpha value is -2.57. The average Bonchev–Trinajstić information content (AvgIpc) is 2.72. The summed E-state index contributed by atoms with van der Waals surface area (Å²) in [7, 11) is 0. The molecule has 1 aliphatic heterocycles. The van der Waals surface area contributed by atoms with Crippen LogP contribution in [0.2, 0.25) is 0 Å². The molecule has 174 valence electrons. The van der Waals surface area contributed by atoms with Crippen molar-refractivity contribution in [3.63, 3.8) is 0 Å². The highest BCUT2D eigenvalue weighted by atomic mass is 16.5. The third kappa shape index (κ3) is 6.97. The topological polar surface area (TPSA) is 65.0 Å². The summed E-state index contributed by atoms with van der Waals surface area (Å²) in [6.07, 6.45) is -0.350. The van der Waals surface area contributed by atoms with E-state index < -0.39 is 6.10 Å². The number of hydrogen-bond acceptors (Lipinski definition) is 4. The predicted octanol–water partition coefficient (Wildman–Crippen LogP) is 4.91. The van der Waals surface area contributed by atoms with Gasteiger partial charge < -0.3 is 25.0 Å². The first kappa shape index (κ1) is 24.1. The minimum atomic E-state index is -0.739. The van der Waals surface area contributed by atoms with E-state index in [1.165, 1.54) is 0 Å². The van der Waals surface area contributed by atoms with Crippen LogP contribution in [-0.2, 0) is 4.74 Å². The molecule has 1 fully saturated rings. The van der Waals surface area contributed by atoms with Crippen LogP contribution in [0.15, 0.2) is 54.6 Å². The van der Waals surface area contributed by atoms with Crippen molar-refractivity contribution in [2.75, 3.05) is 36.4 Å². The molecule has 0 spiro atoms. The Kier molecular flexibility index (Phi) is 7.80. The minimum Gasteiger partial charge on any atom is -0.387 e. The fourth-order valence-corrected chi connectivity index (χ4v) is 4.13. The molecule has 2 amide bonds. The maximum atomic E-state index is 13.1. The van der Waals surface area contributed by atoms with Gasteiger partial charge in [0.2, 0.25) is 0 Å². The number of urea groups is 1. The quantitative estimate of drug-likeness (QED) is 0.671. The van der Waals surface area contributed by atoms with Crippen LogP contribution in [0.3, 0.4) is 0 Å². The van der Waals surface area contributed by atoms with Crippen molar-refractivity contribution in [1.29, 1.82) is 0 Å². The number of hydrogen-bond donors (Lipinski definition) is 2. The van der Waals surface area contributed by atoms with Gasteiger partial charge in [-0.25, -0.2) is 4.79 Å². The molecule has 1 heterocycles. The van der Waals surface area contributed by atoms with Gasteiger partial charge in [0.25, 0.3) is 0 Å². The molecular weight excluding hydrogens is 402 g/mol. The number of carbonyl (C=O) groups is 1. The Morgan fingerprint density at radius 3 is 2.25 bits per heavy atom. The Labute approximate surface area is 192 Å². The van der Waals surface area contributed by atoms with Gasteiger partial charge in [-0.15, -0.1) is 0 Å². The number of aliphatic hydroxyl groups excluding tert-OH is 1. The Balaban J connectivity index is 1.67. The van der Waals surface area contributed by atoms with Crippen LogP contribution in [0.25, 0.3) is 0 Å². The first-order valence-electron chi connectivity index (χ1n) is 11.4. The molecule has 2 aromatic rings. The number of morpholine rings is 1. The van der Waals surface area contributed by atoms with Gasteiger partial charge in [0.1, 0.15) is 0 Å². The molecule has 1 saturated heterocycles. The highest BCUT2D eigenvalue weighted by Gasteiger charge is 2.25. The molecule has 6 nitrogen and oxygen atoms in total. The second-order valence-corrected chi connectivity index (χ2v) is 10.0. The summed E-state index contributed by atoms with van der Waals surface area (Å²) in [4.78, 5) is 17.1. The van der Waals surface area contributed by atoms with Gasteiger partial charge in [-0.2, -0.15) is 0 Å². The highest BCUT2D eigenvalue weighted by Crippen LogP contribution is 2.24. The molecule has 32 heavy (non-hydrogen) atoms. The predicted molar refractivity (Wildman–Crippen MR) is 130 cm³/mol. The fraction of sp³-hybridized carbons (Fsp3) is 0.500. The van der Waals surface area contributed by atoms with Gasteiger partial charge in [0.15, 0.2) is 0 Å². The first-order valence-corrected chi connectivity index (χ1v) is 11.4. The monoisotopic (exact) mass is 439 g/mol. The zero-order chi connectivity index (χ0) is 23.3. The molecule has 0 saturated carbocycles. The second kappa shape index (κ2) is 10.4. The number of ether oxygens (including phenoxy) is 1. The third-order valence-corrected chi connectivity index (χ3v) is 5.43. The van der Waals surface area contributed by atoms with E-state index in [1.807, 2.05) is 54.6 Å². The molecular formula is C26H37N3O3. The van der Waals surface area contributed by atoms with E-state index in [4.69, 9.17) is 4.74 Å². The molecule has 3 atom stereocenters. The maximum absolute atomic E-state index is 13.1. The summed E-state index contributed by atoms with van der Waals surface area (Å²) in [6.45, 7) is 12.9. The van der Waals surface area contributed by atoms with Gasteiger partial charge in [-0.1, -0.05) is 51.1 Å². The molecule has 2 aromatic carbocycles. The molecule has 3 rings (SSSR count). The van der Waals surface area contributed by atoms with Crippen molar-refractivity contribution in [3.8, 4) is 0 Å². The lowest BCUT2D eigenvalue weighted by atomic mass is 9.95. The van der Waals surface area contributed by atoms with Gasteiger partial charge in [0.05, 0.1) is 24.9 Å².